The number of nitrogens with zero attached hydrogens (tertiary/aromatic N) is 4. The highest BCUT2D eigenvalue weighted by Gasteiger charge is 2.47. The number of furan rings is 3. The molecule has 2 aliphatic heterocycles. The van der Waals surface area contributed by atoms with Crippen molar-refractivity contribution in [2.45, 2.75) is 0 Å². The standard InChI is InChI=1S/C120H73BN4O3/c1-5-29-74(30-6-1)81-66-97(77-33-9-3-10-34-77)117(100(68-81)95-46-27-44-93-90-41-17-25-53-113(90)127-119(93)95)124-108-70-80(76-55-59-84(60-56-76)122-104-48-20-13-37-86(104)87-38-14-21-49-105(87)122)57-62-102(108)121-103-63-61-85(123-106-50-22-15-39-88(106)89-40-16-23-51-107(89)123)73-109(103)125(111-72-83(71-110(124)116(111)121)79-58-64-115-99(65-79)92-43-19-24-52-112(92)126-115)118-98(78-35-11-4-12-36-78)67-82(75-31-7-2-8-32-75)69-101(118)96-47-28-45-94-91-42-18-26-54-114(91)128-120(94)96/h1-73H/i15D,16D,22D,23D,39D,40D,50D,51D. The summed E-state index contributed by atoms with van der Waals surface area (Å²) in [4.78, 5) is 4.99. The molecule has 7 heterocycles. The summed E-state index contributed by atoms with van der Waals surface area (Å²) < 4.78 is 103. The van der Waals surface area contributed by atoms with Crippen LogP contribution in [-0.4, -0.2) is 15.8 Å². The van der Waals surface area contributed by atoms with Gasteiger partial charge in [-0.05, 0) is 193 Å². The Morgan fingerprint density at radius 1 is 0.211 bits per heavy atom. The van der Waals surface area contributed by atoms with Crippen LogP contribution in [0.5, 0.6) is 0 Å². The maximum absolute atomic E-state index is 10.1. The van der Waals surface area contributed by atoms with Gasteiger partial charge in [0.25, 0.3) is 6.71 Å². The molecule has 2 aliphatic rings. The summed E-state index contributed by atoms with van der Waals surface area (Å²) in [5.74, 6) is 0. The molecular weight excluding hydrogens is 1560 g/mol. The Morgan fingerprint density at radius 3 is 1.11 bits per heavy atom. The van der Waals surface area contributed by atoms with Gasteiger partial charge in [-0.3, -0.25) is 0 Å². The first-order chi connectivity index (χ1) is 66.8. The van der Waals surface area contributed by atoms with E-state index in [4.69, 9.17) is 13.3 Å². The molecule has 0 N–H and O–H groups in total. The lowest BCUT2D eigenvalue weighted by molar-refractivity contribution is 0.669. The first-order valence-electron chi connectivity index (χ1n) is 47.3. The van der Waals surface area contributed by atoms with E-state index in [-0.39, 0.29) is 21.8 Å². The summed E-state index contributed by atoms with van der Waals surface area (Å²) in [6.45, 7) is -0.664. The molecule has 0 amide bonds. The highest BCUT2D eigenvalue weighted by molar-refractivity contribution is 7.00. The lowest BCUT2D eigenvalue weighted by Gasteiger charge is -2.46. The second kappa shape index (κ2) is 28.3. The Bertz CT molecular complexity index is 9310. The van der Waals surface area contributed by atoms with Crippen LogP contribution in [0.2, 0.25) is 0 Å². The molecule has 128 heavy (non-hydrogen) atoms. The third-order valence-corrected chi connectivity index (χ3v) is 26.5. The minimum Gasteiger partial charge on any atom is -0.456 e. The number of benzene rings is 20. The van der Waals surface area contributed by atoms with Crippen molar-refractivity contribution in [1.82, 2.24) is 9.13 Å². The summed E-state index contributed by atoms with van der Waals surface area (Å²) >= 11 is 0. The number of anilines is 6. The molecule has 0 saturated heterocycles. The number of hydrogen-bond acceptors (Lipinski definition) is 5. The van der Waals surface area contributed by atoms with Gasteiger partial charge < -0.3 is 32.2 Å². The van der Waals surface area contributed by atoms with Crippen LogP contribution in [0.1, 0.15) is 11.0 Å². The van der Waals surface area contributed by atoms with Gasteiger partial charge in [0.2, 0.25) is 0 Å². The first-order valence-corrected chi connectivity index (χ1v) is 43.3. The van der Waals surface area contributed by atoms with Crippen molar-refractivity contribution in [2.75, 3.05) is 9.80 Å². The normalized spacial score (nSPS) is 13.4. The quantitative estimate of drug-likeness (QED) is 0.114. The predicted octanol–water partition coefficient (Wildman–Crippen LogP) is 31.0. The van der Waals surface area contributed by atoms with Crippen molar-refractivity contribution in [2.24, 2.45) is 0 Å². The average molecular weight is 1640 g/mol. The number of aromatic nitrogens is 2. The van der Waals surface area contributed by atoms with Gasteiger partial charge in [-0.25, -0.2) is 0 Å². The van der Waals surface area contributed by atoms with Crippen LogP contribution < -0.4 is 26.2 Å². The Hall–Kier alpha value is -16.9. The van der Waals surface area contributed by atoms with Crippen LogP contribution in [0.15, 0.2) is 456 Å². The number of hydrogen-bond donors (Lipinski definition) is 0. The predicted molar refractivity (Wildman–Crippen MR) is 534 cm³/mol. The summed E-state index contributed by atoms with van der Waals surface area (Å²) in [6.07, 6.45) is 0. The Morgan fingerprint density at radius 2 is 0.578 bits per heavy atom. The van der Waals surface area contributed by atoms with E-state index in [0.717, 1.165) is 211 Å². The molecule has 8 heteroatoms. The molecule has 25 aromatic rings. The van der Waals surface area contributed by atoms with Gasteiger partial charge in [0, 0.05) is 121 Å². The third-order valence-electron chi connectivity index (χ3n) is 26.5. The zero-order chi connectivity index (χ0) is 90.7. The van der Waals surface area contributed by atoms with Crippen molar-refractivity contribution in [3.05, 3.63) is 443 Å². The molecule has 7 nitrogen and oxygen atoms in total. The van der Waals surface area contributed by atoms with Crippen molar-refractivity contribution < 1.29 is 24.2 Å². The zero-order valence-corrected chi connectivity index (χ0v) is 68.6. The second-order valence-electron chi connectivity index (χ2n) is 33.4. The van der Waals surface area contributed by atoms with Crippen LogP contribution in [0.25, 0.3) is 210 Å². The van der Waals surface area contributed by atoms with Gasteiger partial charge >= 0.3 is 0 Å². The Labute approximate surface area is 748 Å². The molecule has 27 rings (SSSR count). The third kappa shape index (κ3) is 10.9. The maximum atomic E-state index is 10.1. The van der Waals surface area contributed by atoms with Crippen LogP contribution in [-0.2, 0) is 0 Å². The number of fused-ring (bicyclic) bond motifs is 19. The van der Waals surface area contributed by atoms with Gasteiger partial charge in [0.05, 0.1) is 44.4 Å². The fourth-order valence-corrected chi connectivity index (χ4v) is 20.9. The molecule has 5 aromatic heterocycles. The van der Waals surface area contributed by atoms with E-state index in [0.29, 0.717) is 17.0 Å². The van der Waals surface area contributed by atoms with E-state index in [1.54, 1.807) is 4.57 Å². The largest absolute Gasteiger partial charge is 0.456 e. The van der Waals surface area contributed by atoms with Crippen molar-refractivity contribution in [1.29, 1.82) is 0 Å². The fraction of sp³-hybridized carbons (Fsp3) is 0. The van der Waals surface area contributed by atoms with Gasteiger partial charge in [-0.1, -0.05) is 321 Å². The summed E-state index contributed by atoms with van der Waals surface area (Å²) in [6, 6.07) is 136. The smallest absolute Gasteiger partial charge is 0.252 e. The summed E-state index contributed by atoms with van der Waals surface area (Å²) in [5.41, 5.74) is 30.0. The average Bonchev–Trinajstić information content (AvgIpc) is 0.872. The van der Waals surface area contributed by atoms with Crippen LogP contribution in [0.3, 0.4) is 0 Å². The molecule has 0 bridgehead atoms. The highest BCUT2D eigenvalue weighted by Crippen LogP contribution is 2.58. The van der Waals surface area contributed by atoms with E-state index in [2.05, 4.69) is 354 Å². The van der Waals surface area contributed by atoms with Gasteiger partial charge in [-0.15, -0.1) is 0 Å². The maximum Gasteiger partial charge on any atom is 0.252 e. The molecule has 0 atom stereocenters. The molecule has 0 fully saturated rings. The molecule has 20 aromatic carbocycles. The zero-order valence-electron chi connectivity index (χ0n) is 76.6. The van der Waals surface area contributed by atoms with Crippen LogP contribution >= 0.6 is 0 Å². The van der Waals surface area contributed by atoms with Crippen LogP contribution in [0.4, 0.5) is 34.1 Å². The highest BCUT2D eigenvalue weighted by atomic mass is 16.3. The first kappa shape index (κ1) is 63.9. The monoisotopic (exact) mass is 1640 g/mol. The van der Waals surface area contributed by atoms with Crippen molar-refractivity contribution >= 4 is 167 Å². The Kier molecular flexibility index (Phi) is 14.1. The lowest BCUT2D eigenvalue weighted by Crippen LogP contribution is -2.61. The topological polar surface area (TPSA) is 55.8 Å². The second-order valence-corrected chi connectivity index (χ2v) is 33.4. The van der Waals surface area contributed by atoms with E-state index in [9.17, 15) is 11.0 Å². The fourth-order valence-electron chi connectivity index (χ4n) is 20.9. The molecule has 0 spiro atoms. The van der Waals surface area contributed by atoms with Crippen molar-refractivity contribution in [3.63, 3.8) is 0 Å². The Balaban J connectivity index is 0.839. The molecular formula is C120H73BN4O3. The minimum absolute atomic E-state index is 0.00666. The van der Waals surface area contributed by atoms with Gasteiger partial charge in [0.1, 0.15) is 33.5 Å². The minimum atomic E-state index is -0.664. The number of para-hydroxylation sites is 9. The lowest BCUT2D eigenvalue weighted by atomic mass is 9.33. The van der Waals surface area contributed by atoms with E-state index in [1.165, 1.54) is 10.8 Å². The van der Waals surface area contributed by atoms with E-state index in [1.807, 2.05) is 54.6 Å². The van der Waals surface area contributed by atoms with E-state index >= 15 is 0 Å². The molecule has 0 radical (unpaired) electrons. The van der Waals surface area contributed by atoms with Gasteiger partial charge in [-0.2, -0.15) is 0 Å². The summed E-state index contributed by atoms with van der Waals surface area (Å²) in [5, 5.41) is 7.98. The van der Waals surface area contributed by atoms with Gasteiger partial charge in [0.15, 0.2) is 0 Å². The molecule has 0 aliphatic carbocycles. The van der Waals surface area contributed by atoms with Crippen molar-refractivity contribution in [3.8, 4) is 100 Å². The van der Waals surface area contributed by atoms with E-state index < -0.39 is 55.1 Å². The molecule has 0 saturated carbocycles. The molecule has 594 valence electrons. The number of rotatable bonds is 12. The summed E-state index contributed by atoms with van der Waals surface area (Å²) in [7, 11) is 0. The van der Waals surface area contributed by atoms with Crippen LogP contribution in [0, 0.1) is 0 Å². The molecule has 0 unspecified atom stereocenters. The SMILES string of the molecule is [2H]c1c([2H])c([2H])c2c(c1[2H])c1c([2H])c([2H])c([2H])c([2H])c1n2-c1ccc2c(c1)N(c1c(-c3ccccc3)cc(-c3ccccc3)cc1-c1cccc3c1oc1ccccc13)c1cc(-c3ccc4oc5ccccc5c4c3)cc3c1B2c1ccc(-c2ccc(-n4c5ccccc5c5ccccc54)cc2)cc1N3c1c(-c2ccccc2)cc(-c2ccccc2)cc1-c1cccc2c1oc1ccccc12.